The molecule has 0 radical (unpaired) electrons. The van der Waals surface area contributed by atoms with Crippen molar-refractivity contribution >= 4 is 0 Å². The molecule has 0 amide bonds. The second kappa shape index (κ2) is 7.03. The summed E-state index contributed by atoms with van der Waals surface area (Å²) in [6.45, 7) is 4.59. The summed E-state index contributed by atoms with van der Waals surface area (Å²) in [6.07, 6.45) is 11.1. The maximum absolute atomic E-state index is 4.21. The third-order valence-electron chi connectivity index (χ3n) is 3.33. The lowest BCUT2D eigenvalue weighted by molar-refractivity contribution is 0.404. The topological polar surface area (TPSA) is 25.8 Å². The molecule has 0 spiro atoms. The predicted octanol–water partition coefficient (Wildman–Crippen LogP) is 3.92. The molecule has 2 heteroatoms. The maximum atomic E-state index is 4.21. The molecule has 0 aliphatic heterocycles. The van der Waals surface area contributed by atoms with E-state index in [1.54, 1.807) is 0 Å². The van der Waals surface area contributed by atoms with Crippen LogP contribution in [0.3, 0.4) is 0 Å². The molecule has 0 saturated heterocycles. The molecule has 2 aromatic rings. The van der Waals surface area contributed by atoms with Crippen LogP contribution >= 0.6 is 0 Å². The van der Waals surface area contributed by atoms with Gasteiger partial charge in [-0.2, -0.15) is 0 Å². The zero-order chi connectivity index (χ0) is 13.5. The minimum Gasteiger partial charge on any atom is -0.265 e. The van der Waals surface area contributed by atoms with Crippen LogP contribution in [-0.2, 0) is 12.8 Å². The Morgan fingerprint density at radius 1 is 0.895 bits per heavy atom. The molecule has 0 aliphatic rings. The van der Waals surface area contributed by atoms with Gasteiger partial charge >= 0.3 is 0 Å². The Bertz CT molecular complexity index is 424. The van der Waals surface area contributed by atoms with Gasteiger partial charge in [-0.15, -0.1) is 0 Å². The molecule has 2 heterocycles. The molecule has 2 aromatic heterocycles. The quantitative estimate of drug-likeness (QED) is 0.780. The van der Waals surface area contributed by atoms with Crippen molar-refractivity contribution < 1.29 is 0 Å². The van der Waals surface area contributed by atoms with E-state index in [9.17, 15) is 0 Å². The molecule has 1 unspecified atom stereocenters. The Kier molecular flexibility index (Phi) is 5.08. The van der Waals surface area contributed by atoms with E-state index < -0.39 is 0 Å². The average Bonchev–Trinajstić information content (AvgIpc) is 2.40. The Labute approximate surface area is 115 Å². The van der Waals surface area contributed by atoms with Crippen LogP contribution in [0.4, 0.5) is 0 Å². The predicted molar refractivity (Wildman–Crippen MR) is 78.8 cm³/mol. The molecule has 100 valence electrons. The molecule has 0 saturated carbocycles. The van der Waals surface area contributed by atoms with Crippen molar-refractivity contribution in [3.05, 3.63) is 60.2 Å². The molecule has 0 fully saturated rings. The van der Waals surface area contributed by atoms with Gasteiger partial charge in [-0.3, -0.25) is 9.97 Å². The Morgan fingerprint density at radius 2 is 1.63 bits per heavy atom. The van der Waals surface area contributed by atoms with Crippen LogP contribution < -0.4 is 0 Å². The van der Waals surface area contributed by atoms with Gasteiger partial charge in [-0.05, 0) is 60.4 Å². The van der Waals surface area contributed by atoms with Crippen LogP contribution in [-0.4, -0.2) is 9.97 Å². The van der Waals surface area contributed by atoms with Gasteiger partial charge in [0.25, 0.3) is 0 Å². The highest BCUT2D eigenvalue weighted by Crippen LogP contribution is 2.21. The van der Waals surface area contributed by atoms with E-state index in [2.05, 4.69) is 42.0 Å². The number of pyridine rings is 2. The Morgan fingerprint density at radius 3 is 2.26 bits per heavy atom. The van der Waals surface area contributed by atoms with E-state index in [0.29, 0.717) is 5.92 Å². The van der Waals surface area contributed by atoms with E-state index in [1.807, 2.05) is 30.9 Å². The van der Waals surface area contributed by atoms with Crippen molar-refractivity contribution in [2.75, 3.05) is 0 Å². The number of aromatic nitrogens is 2. The lowest BCUT2D eigenvalue weighted by Gasteiger charge is -2.19. The number of hydrogen-bond acceptors (Lipinski definition) is 2. The van der Waals surface area contributed by atoms with Crippen LogP contribution in [0.1, 0.15) is 31.4 Å². The number of nitrogens with zero attached hydrogens (tertiary/aromatic N) is 2. The molecule has 0 aliphatic carbocycles. The molecule has 0 bridgehead atoms. The highest BCUT2D eigenvalue weighted by atomic mass is 14.6. The second-order valence-electron chi connectivity index (χ2n) is 5.62. The minimum absolute atomic E-state index is 0.673. The van der Waals surface area contributed by atoms with Crippen LogP contribution in [0.25, 0.3) is 0 Å². The molecule has 1 atom stereocenters. The summed E-state index contributed by atoms with van der Waals surface area (Å²) in [5.41, 5.74) is 2.71. The zero-order valence-corrected chi connectivity index (χ0v) is 11.8. The molecule has 2 nitrogen and oxygen atoms in total. The summed E-state index contributed by atoms with van der Waals surface area (Å²) in [4.78, 5) is 8.30. The summed E-state index contributed by atoms with van der Waals surface area (Å²) < 4.78 is 0. The number of rotatable bonds is 6. The molecule has 2 rings (SSSR count). The normalized spacial score (nSPS) is 12.6. The van der Waals surface area contributed by atoms with Crippen LogP contribution in [0, 0.1) is 11.8 Å². The van der Waals surface area contributed by atoms with Gasteiger partial charge in [0.15, 0.2) is 0 Å². The summed E-state index contributed by atoms with van der Waals surface area (Å²) in [5, 5.41) is 0. The maximum Gasteiger partial charge on any atom is 0.0299 e. The first-order chi connectivity index (χ1) is 9.24. The molecular weight excluding hydrogens is 232 g/mol. The zero-order valence-electron chi connectivity index (χ0n) is 11.8. The van der Waals surface area contributed by atoms with Crippen molar-refractivity contribution in [2.45, 2.75) is 33.1 Å². The van der Waals surface area contributed by atoms with Crippen LogP contribution in [0.2, 0.25) is 0 Å². The third-order valence-corrected chi connectivity index (χ3v) is 3.33. The Hall–Kier alpha value is -1.70. The van der Waals surface area contributed by atoms with E-state index >= 15 is 0 Å². The second-order valence-corrected chi connectivity index (χ2v) is 5.62. The fourth-order valence-corrected chi connectivity index (χ4v) is 2.61. The molecule has 0 aromatic carbocycles. The highest BCUT2D eigenvalue weighted by Gasteiger charge is 2.13. The van der Waals surface area contributed by atoms with Crippen LogP contribution in [0.5, 0.6) is 0 Å². The average molecular weight is 254 g/mol. The van der Waals surface area contributed by atoms with E-state index in [-0.39, 0.29) is 0 Å². The van der Waals surface area contributed by atoms with Crippen molar-refractivity contribution in [1.29, 1.82) is 0 Å². The minimum atomic E-state index is 0.673. The first-order valence-corrected chi connectivity index (χ1v) is 7.02. The van der Waals surface area contributed by atoms with Gasteiger partial charge in [-0.1, -0.05) is 19.9 Å². The molecular formula is C17H22N2. The van der Waals surface area contributed by atoms with Crippen molar-refractivity contribution in [1.82, 2.24) is 9.97 Å². The van der Waals surface area contributed by atoms with Gasteiger partial charge in [0.1, 0.15) is 0 Å². The smallest absolute Gasteiger partial charge is 0.0299 e. The largest absolute Gasteiger partial charge is 0.265 e. The lowest BCUT2D eigenvalue weighted by atomic mass is 9.87. The SMILES string of the molecule is CC(C)CC(Cc1ccncc1)Cc1cccnc1. The van der Waals surface area contributed by atoms with Crippen LogP contribution in [0.15, 0.2) is 49.1 Å². The first kappa shape index (κ1) is 13.7. The van der Waals surface area contributed by atoms with Gasteiger partial charge < -0.3 is 0 Å². The van der Waals surface area contributed by atoms with Gasteiger partial charge in [-0.25, -0.2) is 0 Å². The monoisotopic (exact) mass is 254 g/mol. The van der Waals surface area contributed by atoms with Gasteiger partial charge in [0, 0.05) is 24.8 Å². The van der Waals surface area contributed by atoms with Crippen molar-refractivity contribution in [2.24, 2.45) is 11.8 Å². The summed E-state index contributed by atoms with van der Waals surface area (Å²) >= 11 is 0. The van der Waals surface area contributed by atoms with E-state index in [0.717, 1.165) is 18.8 Å². The van der Waals surface area contributed by atoms with Crippen molar-refractivity contribution in [3.8, 4) is 0 Å². The fraction of sp³-hybridized carbons (Fsp3) is 0.412. The van der Waals surface area contributed by atoms with Gasteiger partial charge in [0.2, 0.25) is 0 Å². The molecule has 19 heavy (non-hydrogen) atoms. The Balaban J connectivity index is 2.03. The summed E-state index contributed by atoms with van der Waals surface area (Å²) in [6, 6.07) is 8.44. The summed E-state index contributed by atoms with van der Waals surface area (Å²) in [7, 11) is 0. The summed E-state index contributed by atoms with van der Waals surface area (Å²) in [5.74, 6) is 1.40. The molecule has 0 N–H and O–H groups in total. The lowest BCUT2D eigenvalue weighted by Crippen LogP contribution is -2.11. The first-order valence-electron chi connectivity index (χ1n) is 7.02. The highest BCUT2D eigenvalue weighted by molar-refractivity contribution is 5.13. The number of hydrogen-bond donors (Lipinski definition) is 0. The van der Waals surface area contributed by atoms with Crippen molar-refractivity contribution in [3.63, 3.8) is 0 Å². The third kappa shape index (κ3) is 4.82. The van der Waals surface area contributed by atoms with Gasteiger partial charge in [0.05, 0.1) is 0 Å². The fourth-order valence-electron chi connectivity index (χ4n) is 2.61. The van der Waals surface area contributed by atoms with E-state index in [4.69, 9.17) is 0 Å². The standard InChI is InChI=1S/C17H22N2/c1-14(2)10-17(11-15-5-8-18-9-6-15)12-16-4-3-7-19-13-16/h3-9,13-14,17H,10-12H2,1-2H3. The van der Waals surface area contributed by atoms with E-state index in [1.165, 1.54) is 17.5 Å².